The Morgan fingerprint density at radius 1 is 1.35 bits per heavy atom. The third-order valence-corrected chi connectivity index (χ3v) is 4.19. The van der Waals surface area contributed by atoms with Crippen molar-refractivity contribution in [1.29, 1.82) is 0 Å². The van der Waals surface area contributed by atoms with E-state index in [9.17, 15) is 4.79 Å². The summed E-state index contributed by atoms with van der Waals surface area (Å²) < 4.78 is 6.05. The number of hydrogen-bond donors (Lipinski definition) is 1. The molecule has 1 aromatic heterocycles. The fourth-order valence-electron chi connectivity index (χ4n) is 2.02. The highest BCUT2D eigenvalue weighted by Crippen LogP contribution is 2.40. The van der Waals surface area contributed by atoms with Crippen LogP contribution in [-0.4, -0.2) is 36.3 Å². The van der Waals surface area contributed by atoms with Crippen LogP contribution in [0.25, 0.3) is 0 Å². The van der Waals surface area contributed by atoms with Crippen LogP contribution in [0.1, 0.15) is 24.5 Å². The third kappa shape index (κ3) is 2.33. The summed E-state index contributed by atoms with van der Waals surface area (Å²) in [4.78, 5) is 21.5. The summed E-state index contributed by atoms with van der Waals surface area (Å²) in [5, 5.41) is 0. The van der Waals surface area contributed by atoms with Crippen LogP contribution in [0.5, 0.6) is 0 Å². The standard InChI is InChI=1S/C11H14IN3O2/c12-8-9(7-1-2-7)13-11(14-10(8)16)15-3-5-17-6-4-15/h7H,1-6H2,(H,13,14,16). The maximum atomic E-state index is 11.9. The lowest BCUT2D eigenvalue weighted by molar-refractivity contribution is 0.122. The van der Waals surface area contributed by atoms with Crippen molar-refractivity contribution in [2.75, 3.05) is 31.2 Å². The van der Waals surface area contributed by atoms with Gasteiger partial charge in [-0.3, -0.25) is 9.78 Å². The number of nitrogens with zero attached hydrogens (tertiary/aromatic N) is 2. The van der Waals surface area contributed by atoms with Gasteiger partial charge in [-0.05, 0) is 35.4 Å². The van der Waals surface area contributed by atoms with Crippen molar-refractivity contribution in [3.8, 4) is 0 Å². The second-order valence-corrected chi connectivity index (χ2v) is 5.54. The molecule has 0 atom stereocenters. The predicted octanol–water partition coefficient (Wildman–Crippen LogP) is 1.09. The van der Waals surface area contributed by atoms with Crippen LogP contribution in [0.3, 0.4) is 0 Å². The second-order valence-electron chi connectivity index (χ2n) is 4.46. The first-order valence-electron chi connectivity index (χ1n) is 5.88. The van der Waals surface area contributed by atoms with Gasteiger partial charge in [-0.1, -0.05) is 0 Å². The molecule has 1 saturated carbocycles. The van der Waals surface area contributed by atoms with Crippen LogP contribution < -0.4 is 10.5 Å². The van der Waals surface area contributed by atoms with Crippen LogP contribution in [0, 0.1) is 3.57 Å². The number of aromatic nitrogens is 2. The van der Waals surface area contributed by atoms with Gasteiger partial charge in [-0.15, -0.1) is 0 Å². The van der Waals surface area contributed by atoms with Gasteiger partial charge in [0.05, 0.1) is 18.9 Å². The zero-order valence-electron chi connectivity index (χ0n) is 9.41. The van der Waals surface area contributed by atoms with E-state index < -0.39 is 0 Å². The molecule has 2 heterocycles. The summed E-state index contributed by atoms with van der Waals surface area (Å²) in [7, 11) is 0. The molecule has 2 fully saturated rings. The molecule has 0 amide bonds. The average molecular weight is 347 g/mol. The fourth-order valence-corrected chi connectivity index (χ4v) is 2.71. The first-order valence-corrected chi connectivity index (χ1v) is 6.96. The van der Waals surface area contributed by atoms with E-state index in [0.29, 0.717) is 25.1 Å². The van der Waals surface area contributed by atoms with Crippen LogP contribution in [-0.2, 0) is 4.74 Å². The molecule has 1 aliphatic heterocycles. The van der Waals surface area contributed by atoms with E-state index in [1.807, 2.05) is 0 Å². The van der Waals surface area contributed by atoms with E-state index >= 15 is 0 Å². The molecule has 0 aromatic carbocycles. The van der Waals surface area contributed by atoms with Crippen molar-refractivity contribution in [3.05, 3.63) is 19.6 Å². The van der Waals surface area contributed by atoms with Crippen molar-refractivity contribution < 1.29 is 4.74 Å². The molecule has 3 rings (SSSR count). The SMILES string of the molecule is O=c1[nH]c(N2CCOCC2)nc(C2CC2)c1I. The average Bonchev–Trinajstić information content (AvgIpc) is 3.18. The molecule has 1 saturated heterocycles. The monoisotopic (exact) mass is 347 g/mol. The summed E-state index contributed by atoms with van der Waals surface area (Å²) in [6.07, 6.45) is 2.32. The zero-order valence-corrected chi connectivity index (χ0v) is 11.6. The minimum atomic E-state index is -0.0102. The molecule has 1 aliphatic carbocycles. The lowest BCUT2D eigenvalue weighted by atomic mass is 10.3. The molecule has 17 heavy (non-hydrogen) atoms. The Balaban J connectivity index is 1.96. The first-order chi connectivity index (χ1) is 8.25. The summed E-state index contributed by atoms with van der Waals surface area (Å²) >= 11 is 2.10. The van der Waals surface area contributed by atoms with Crippen molar-refractivity contribution in [3.63, 3.8) is 0 Å². The number of hydrogen-bond acceptors (Lipinski definition) is 4. The number of nitrogens with one attached hydrogen (secondary N) is 1. The number of rotatable bonds is 2. The highest BCUT2D eigenvalue weighted by atomic mass is 127. The Morgan fingerprint density at radius 3 is 2.71 bits per heavy atom. The lowest BCUT2D eigenvalue weighted by Crippen LogP contribution is -2.38. The van der Waals surface area contributed by atoms with Gasteiger partial charge in [-0.2, -0.15) is 0 Å². The largest absolute Gasteiger partial charge is 0.378 e. The van der Waals surface area contributed by atoms with Crippen molar-refractivity contribution >= 4 is 28.5 Å². The van der Waals surface area contributed by atoms with E-state index in [1.54, 1.807) is 0 Å². The number of aromatic amines is 1. The van der Waals surface area contributed by atoms with Gasteiger partial charge >= 0.3 is 0 Å². The second kappa shape index (κ2) is 4.56. The smallest absolute Gasteiger partial charge is 0.266 e. The molecule has 0 bridgehead atoms. The molecule has 6 heteroatoms. The highest BCUT2D eigenvalue weighted by Gasteiger charge is 2.29. The molecule has 2 aliphatic rings. The molecule has 1 N–H and O–H groups in total. The number of halogens is 1. The van der Waals surface area contributed by atoms with Gasteiger partial charge in [0.1, 0.15) is 3.57 Å². The van der Waals surface area contributed by atoms with Crippen LogP contribution in [0.2, 0.25) is 0 Å². The van der Waals surface area contributed by atoms with E-state index in [0.717, 1.165) is 35.2 Å². The van der Waals surface area contributed by atoms with E-state index in [-0.39, 0.29) is 5.56 Å². The molecule has 5 nitrogen and oxygen atoms in total. The number of anilines is 1. The minimum absolute atomic E-state index is 0.0102. The number of ether oxygens (including phenoxy) is 1. The van der Waals surface area contributed by atoms with Crippen LogP contribution in [0.15, 0.2) is 4.79 Å². The molecule has 1 aromatic rings. The summed E-state index contributed by atoms with van der Waals surface area (Å²) in [5.74, 6) is 1.21. The van der Waals surface area contributed by atoms with Crippen LogP contribution in [0.4, 0.5) is 5.95 Å². The molecular formula is C11H14IN3O2. The molecule has 0 unspecified atom stereocenters. The van der Waals surface area contributed by atoms with Gasteiger partial charge in [0.15, 0.2) is 0 Å². The van der Waals surface area contributed by atoms with E-state index in [1.165, 1.54) is 0 Å². The predicted molar refractivity (Wildman–Crippen MR) is 72.6 cm³/mol. The first kappa shape index (κ1) is 11.5. The van der Waals surface area contributed by atoms with Crippen molar-refractivity contribution in [2.45, 2.75) is 18.8 Å². The summed E-state index contributed by atoms with van der Waals surface area (Å²) in [6.45, 7) is 3.00. The van der Waals surface area contributed by atoms with Crippen molar-refractivity contribution in [2.24, 2.45) is 0 Å². The summed E-state index contributed by atoms with van der Waals surface area (Å²) in [6, 6.07) is 0. The zero-order chi connectivity index (χ0) is 11.8. The van der Waals surface area contributed by atoms with Gasteiger partial charge < -0.3 is 9.64 Å². The Kier molecular flexibility index (Phi) is 3.08. The van der Waals surface area contributed by atoms with Gasteiger partial charge in [0, 0.05) is 19.0 Å². The maximum absolute atomic E-state index is 11.9. The number of H-pyrrole nitrogens is 1. The van der Waals surface area contributed by atoms with Gasteiger partial charge in [-0.25, -0.2) is 4.98 Å². The van der Waals surface area contributed by atoms with Crippen LogP contribution >= 0.6 is 22.6 Å². The quantitative estimate of drug-likeness (QED) is 0.814. The van der Waals surface area contributed by atoms with Gasteiger partial charge in [0.25, 0.3) is 5.56 Å². The highest BCUT2D eigenvalue weighted by molar-refractivity contribution is 14.1. The minimum Gasteiger partial charge on any atom is -0.378 e. The van der Waals surface area contributed by atoms with E-state index in [4.69, 9.17) is 4.74 Å². The molecular weight excluding hydrogens is 333 g/mol. The Bertz CT molecular complexity index is 478. The normalized spacial score (nSPS) is 20.6. The molecule has 0 radical (unpaired) electrons. The Hall–Kier alpha value is -0.630. The molecule has 92 valence electrons. The topological polar surface area (TPSA) is 58.2 Å². The van der Waals surface area contributed by atoms with Crippen molar-refractivity contribution in [1.82, 2.24) is 9.97 Å². The third-order valence-electron chi connectivity index (χ3n) is 3.15. The molecule has 0 spiro atoms. The van der Waals surface area contributed by atoms with Gasteiger partial charge in [0.2, 0.25) is 5.95 Å². The number of morpholine rings is 1. The Labute approximate surface area is 113 Å². The lowest BCUT2D eigenvalue weighted by Gasteiger charge is -2.27. The van der Waals surface area contributed by atoms with E-state index in [2.05, 4.69) is 37.5 Å². The maximum Gasteiger partial charge on any atom is 0.266 e. The Morgan fingerprint density at radius 2 is 2.06 bits per heavy atom. The summed E-state index contributed by atoms with van der Waals surface area (Å²) in [5.41, 5.74) is 0.972. The fraction of sp³-hybridized carbons (Fsp3) is 0.636.